The molecule has 24 heavy (non-hydrogen) atoms. The zero-order chi connectivity index (χ0) is 16.5. The highest BCUT2D eigenvalue weighted by atomic mass is 16.2. The second-order valence-corrected chi connectivity index (χ2v) is 6.69. The zero-order valence-corrected chi connectivity index (χ0v) is 13.9. The van der Waals surface area contributed by atoms with E-state index in [0.29, 0.717) is 5.92 Å². The van der Waals surface area contributed by atoms with Gasteiger partial charge in [0.1, 0.15) is 5.82 Å². The summed E-state index contributed by atoms with van der Waals surface area (Å²) in [4.78, 5) is 25.6. The molecule has 3 heterocycles. The number of carbonyl (C=O) groups excluding carboxylic acids is 1. The van der Waals surface area contributed by atoms with Crippen LogP contribution < -0.4 is 0 Å². The van der Waals surface area contributed by atoms with Crippen LogP contribution in [0.5, 0.6) is 0 Å². The number of hydrogen-bond donors (Lipinski definition) is 2. The van der Waals surface area contributed by atoms with E-state index >= 15 is 0 Å². The van der Waals surface area contributed by atoms with Crippen LogP contribution in [-0.2, 0) is 6.42 Å². The number of imidazole rings is 1. The van der Waals surface area contributed by atoms with E-state index in [1.54, 1.807) is 6.20 Å². The highest BCUT2D eigenvalue weighted by Gasteiger charge is 2.25. The average molecular weight is 322 g/mol. The van der Waals surface area contributed by atoms with E-state index < -0.39 is 0 Å². The lowest BCUT2D eigenvalue weighted by Gasteiger charge is -2.31. The molecule has 0 aliphatic carbocycles. The highest BCUT2D eigenvalue weighted by Crippen LogP contribution is 2.23. The molecule has 0 saturated carbocycles. The summed E-state index contributed by atoms with van der Waals surface area (Å²) in [7, 11) is 0. The number of para-hydroxylation sites is 2. The number of nitrogens with zero attached hydrogens (tertiary/aromatic N) is 2. The first kappa shape index (κ1) is 15.0. The first-order valence-corrected chi connectivity index (χ1v) is 8.57. The molecule has 3 aromatic rings. The summed E-state index contributed by atoms with van der Waals surface area (Å²) in [5.74, 6) is 1.79. The van der Waals surface area contributed by atoms with Crippen molar-refractivity contribution in [3.63, 3.8) is 0 Å². The fourth-order valence-corrected chi connectivity index (χ4v) is 3.56. The predicted molar refractivity (Wildman–Crippen MR) is 94.0 cm³/mol. The van der Waals surface area contributed by atoms with Gasteiger partial charge in [-0.2, -0.15) is 0 Å². The van der Waals surface area contributed by atoms with Crippen molar-refractivity contribution in [3.05, 3.63) is 53.6 Å². The SMILES string of the molecule is Cc1c[nH]cc1C(=O)N1CCC(Cc2nc3ccccc3[nH]2)CC1. The number of benzene rings is 1. The van der Waals surface area contributed by atoms with E-state index in [2.05, 4.69) is 21.0 Å². The number of likely N-dealkylation sites (tertiary alicyclic amines) is 1. The Balaban J connectivity index is 1.37. The van der Waals surface area contributed by atoms with Gasteiger partial charge in [0.2, 0.25) is 0 Å². The summed E-state index contributed by atoms with van der Waals surface area (Å²) < 4.78 is 0. The summed E-state index contributed by atoms with van der Waals surface area (Å²) >= 11 is 0. The first-order chi connectivity index (χ1) is 11.7. The molecule has 0 bridgehead atoms. The number of fused-ring (bicyclic) bond motifs is 1. The molecule has 1 aliphatic heterocycles. The fourth-order valence-electron chi connectivity index (χ4n) is 3.56. The van der Waals surface area contributed by atoms with Crippen LogP contribution in [0, 0.1) is 12.8 Å². The molecule has 1 amide bonds. The second-order valence-electron chi connectivity index (χ2n) is 6.69. The molecule has 0 atom stereocenters. The monoisotopic (exact) mass is 322 g/mol. The van der Waals surface area contributed by atoms with Gasteiger partial charge >= 0.3 is 0 Å². The largest absolute Gasteiger partial charge is 0.367 e. The van der Waals surface area contributed by atoms with Crippen molar-refractivity contribution in [2.45, 2.75) is 26.2 Å². The molecule has 5 nitrogen and oxygen atoms in total. The molecular weight excluding hydrogens is 300 g/mol. The number of H-pyrrole nitrogens is 2. The fraction of sp³-hybridized carbons (Fsp3) is 0.368. The molecule has 0 unspecified atom stereocenters. The van der Waals surface area contributed by atoms with Gasteiger partial charge in [0, 0.05) is 31.9 Å². The molecule has 1 aromatic carbocycles. The summed E-state index contributed by atoms with van der Waals surface area (Å²) in [6, 6.07) is 8.14. The molecule has 2 aromatic heterocycles. The molecule has 0 radical (unpaired) electrons. The molecule has 124 valence electrons. The van der Waals surface area contributed by atoms with Gasteiger partial charge in [-0.3, -0.25) is 4.79 Å². The van der Waals surface area contributed by atoms with Gasteiger partial charge < -0.3 is 14.9 Å². The molecular formula is C19H22N4O. The minimum Gasteiger partial charge on any atom is -0.367 e. The summed E-state index contributed by atoms with van der Waals surface area (Å²) in [5, 5.41) is 0. The van der Waals surface area contributed by atoms with Gasteiger partial charge in [-0.1, -0.05) is 12.1 Å². The van der Waals surface area contributed by atoms with Crippen LogP contribution in [0.15, 0.2) is 36.7 Å². The molecule has 1 saturated heterocycles. The Morgan fingerprint density at radius 1 is 1.25 bits per heavy atom. The number of aryl methyl sites for hydroxylation is 1. The Bertz CT molecular complexity index is 822. The van der Waals surface area contributed by atoms with Crippen LogP contribution in [0.3, 0.4) is 0 Å². The smallest absolute Gasteiger partial charge is 0.255 e. The number of rotatable bonds is 3. The summed E-state index contributed by atoms with van der Waals surface area (Å²) in [6.07, 6.45) is 6.71. The van der Waals surface area contributed by atoms with Crippen molar-refractivity contribution >= 4 is 16.9 Å². The predicted octanol–water partition coefficient (Wildman–Crippen LogP) is 3.29. The Hall–Kier alpha value is -2.56. The third-order valence-corrected chi connectivity index (χ3v) is 5.00. The Morgan fingerprint density at radius 2 is 2.04 bits per heavy atom. The molecule has 1 fully saturated rings. The van der Waals surface area contributed by atoms with Gasteiger partial charge in [0.15, 0.2) is 0 Å². The highest BCUT2D eigenvalue weighted by molar-refractivity contribution is 5.95. The van der Waals surface area contributed by atoms with Crippen molar-refractivity contribution in [1.29, 1.82) is 0 Å². The van der Waals surface area contributed by atoms with Gasteiger partial charge in [-0.25, -0.2) is 4.98 Å². The minimum absolute atomic E-state index is 0.149. The second kappa shape index (κ2) is 6.15. The molecule has 2 N–H and O–H groups in total. The van der Waals surface area contributed by atoms with Gasteiger partial charge in [-0.15, -0.1) is 0 Å². The third-order valence-electron chi connectivity index (χ3n) is 5.00. The van der Waals surface area contributed by atoms with E-state index in [-0.39, 0.29) is 5.91 Å². The number of piperidine rings is 1. The van der Waals surface area contributed by atoms with E-state index in [9.17, 15) is 4.79 Å². The lowest BCUT2D eigenvalue weighted by Crippen LogP contribution is -2.39. The van der Waals surface area contributed by atoms with Crippen molar-refractivity contribution in [3.8, 4) is 0 Å². The maximum atomic E-state index is 12.6. The molecule has 5 heteroatoms. The number of aromatic nitrogens is 3. The van der Waals surface area contributed by atoms with Crippen molar-refractivity contribution in [2.75, 3.05) is 13.1 Å². The lowest BCUT2D eigenvalue weighted by molar-refractivity contribution is 0.0689. The van der Waals surface area contributed by atoms with E-state index in [4.69, 9.17) is 0 Å². The normalized spacial score (nSPS) is 16.0. The van der Waals surface area contributed by atoms with Crippen LogP contribution >= 0.6 is 0 Å². The standard InChI is InChI=1S/C19H22N4O/c1-13-11-20-12-15(13)19(24)23-8-6-14(7-9-23)10-18-21-16-4-2-3-5-17(16)22-18/h2-5,11-12,14,20H,6-10H2,1H3,(H,21,22). The van der Waals surface area contributed by atoms with E-state index in [1.165, 1.54) is 0 Å². The third kappa shape index (κ3) is 2.82. The van der Waals surface area contributed by atoms with Crippen molar-refractivity contribution in [2.24, 2.45) is 5.92 Å². The van der Waals surface area contributed by atoms with Crippen molar-refractivity contribution in [1.82, 2.24) is 19.9 Å². The molecule has 0 spiro atoms. The number of carbonyl (C=O) groups is 1. The van der Waals surface area contributed by atoms with Crippen LogP contribution in [0.2, 0.25) is 0 Å². The van der Waals surface area contributed by atoms with Crippen LogP contribution in [0.4, 0.5) is 0 Å². The Morgan fingerprint density at radius 3 is 2.75 bits per heavy atom. The van der Waals surface area contributed by atoms with Crippen molar-refractivity contribution < 1.29 is 4.79 Å². The van der Waals surface area contributed by atoms with E-state index in [1.807, 2.05) is 36.2 Å². The van der Waals surface area contributed by atoms with Gasteiger partial charge in [0.05, 0.1) is 16.6 Å². The number of nitrogens with one attached hydrogen (secondary N) is 2. The average Bonchev–Trinajstić information content (AvgIpc) is 3.20. The van der Waals surface area contributed by atoms with Gasteiger partial charge in [-0.05, 0) is 43.4 Å². The maximum absolute atomic E-state index is 12.6. The lowest BCUT2D eigenvalue weighted by atomic mass is 9.93. The molecule has 1 aliphatic rings. The Labute approximate surface area is 141 Å². The topological polar surface area (TPSA) is 64.8 Å². The number of hydrogen-bond acceptors (Lipinski definition) is 2. The van der Waals surface area contributed by atoms with E-state index in [0.717, 1.165) is 60.3 Å². The molecule has 4 rings (SSSR count). The van der Waals surface area contributed by atoms with Gasteiger partial charge in [0.25, 0.3) is 5.91 Å². The summed E-state index contributed by atoms with van der Waals surface area (Å²) in [6.45, 7) is 3.63. The number of amides is 1. The van der Waals surface area contributed by atoms with Crippen LogP contribution in [0.1, 0.15) is 34.6 Å². The quantitative estimate of drug-likeness (QED) is 0.777. The first-order valence-electron chi connectivity index (χ1n) is 8.57. The Kier molecular flexibility index (Phi) is 3.84. The zero-order valence-electron chi connectivity index (χ0n) is 13.9. The summed E-state index contributed by atoms with van der Waals surface area (Å²) in [5.41, 5.74) is 3.95. The number of aromatic amines is 2. The van der Waals surface area contributed by atoms with Crippen LogP contribution in [-0.4, -0.2) is 38.8 Å². The minimum atomic E-state index is 0.149. The van der Waals surface area contributed by atoms with Crippen LogP contribution in [0.25, 0.3) is 11.0 Å². The maximum Gasteiger partial charge on any atom is 0.255 e.